The first-order valence-electron chi connectivity index (χ1n) is 17.2. The van der Waals surface area contributed by atoms with Crippen molar-refractivity contribution in [1.82, 2.24) is 26.6 Å². The predicted molar refractivity (Wildman–Crippen MR) is 193 cm³/mol. The van der Waals surface area contributed by atoms with Crippen molar-refractivity contribution >= 4 is 35.5 Å². The summed E-state index contributed by atoms with van der Waals surface area (Å²) in [5.41, 5.74) is 16.6. The van der Waals surface area contributed by atoms with Crippen molar-refractivity contribution < 1.29 is 39.0 Å². The number of amides is 5. The summed E-state index contributed by atoms with van der Waals surface area (Å²) in [6, 6.07) is -0.870. The second kappa shape index (κ2) is 22.3. The lowest BCUT2D eigenvalue weighted by Gasteiger charge is -2.30. The second-order valence-electron chi connectivity index (χ2n) is 13.6. The number of unbranched alkanes of at least 4 members (excludes halogenated alkanes) is 2. The molecule has 5 amide bonds. The molecule has 51 heavy (non-hydrogen) atoms. The molecule has 6 atom stereocenters. The zero-order chi connectivity index (χ0) is 38.7. The third-order valence-electron chi connectivity index (χ3n) is 8.02. The number of aromatic hydroxyl groups is 1. The summed E-state index contributed by atoms with van der Waals surface area (Å²) in [6.45, 7) is 10.8. The Bertz CT molecular complexity index is 1320. The van der Waals surface area contributed by atoms with E-state index >= 15 is 0 Å². The largest absolute Gasteiger partial charge is 0.508 e. The molecule has 0 spiro atoms. The van der Waals surface area contributed by atoms with Crippen molar-refractivity contribution in [2.24, 2.45) is 22.6 Å². The molecule has 0 heterocycles. The van der Waals surface area contributed by atoms with E-state index < -0.39 is 77.2 Å². The Kier molecular flexibility index (Phi) is 19.5. The normalized spacial score (nSPS) is 14.8. The van der Waals surface area contributed by atoms with Crippen LogP contribution in [0, 0.1) is 5.41 Å². The quantitative estimate of drug-likeness (QED) is 0.0517. The van der Waals surface area contributed by atoms with Gasteiger partial charge in [-0.25, -0.2) is 4.79 Å². The zero-order valence-corrected chi connectivity index (χ0v) is 30.2. The minimum atomic E-state index is -1.29. The van der Waals surface area contributed by atoms with Gasteiger partial charge in [-0.2, -0.15) is 0 Å². The molecule has 16 heteroatoms. The molecule has 0 saturated carbocycles. The number of carbonyl (C=O) groups excluding carboxylic acids is 5. The molecule has 0 unspecified atom stereocenters. The molecule has 16 nitrogen and oxygen atoms in total. The number of nitrogens with two attached hydrogens (primary N) is 3. The van der Waals surface area contributed by atoms with E-state index in [1.54, 1.807) is 32.9 Å². The van der Waals surface area contributed by atoms with Crippen LogP contribution in [0.4, 0.5) is 0 Å². The molecular weight excluding hydrogens is 660 g/mol. The summed E-state index contributed by atoms with van der Waals surface area (Å²) in [7, 11) is 0. The molecule has 0 aliphatic carbocycles. The van der Waals surface area contributed by atoms with Gasteiger partial charge in [0.1, 0.15) is 36.0 Å². The molecule has 1 rings (SSSR count). The summed E-state index contributed by atoms with van der Waals surface area (Å²) in [4.78, 5) is 78.7. The Morgan fingerprint density at radius 2 is 1.16 bits per heavy atom. The molecule has 286 valence electrons. The average molecular weight is 719 g/mol. The standard InChI is InChI=1S/C35H58N8O8/c1-6-11-24(30(46)42-27(20-22-14-16-23(44)17-15-22)33(49)43-28(34(50)51)35(3,4)5)40-32(48)26(13-8-10-19-37)41-31(47)25(12-7-9-18-36)39-29(45)21(2)38/h6,14-17,21,24-28,44H,1,7-13,18-20,36-38H2,2-5H3,(H,39,45)(H,40,48)(H,41,47)(H,42,46)(H,43,49)(H,50,51)/t21-,24-,25-,26-,27-,28+/m0/s1. The molecule has 0 aromatic heterocycles. The Morgan fingerprint density at radius 3 is 1.59 bits per heavy atom. The predicted octanol–water partition coefficient (Wildman–Crippen LogP) is -0.329. The van der Waals surface area contributed by atoms with Crippen molar-refractivity contribution in [3.8, 4) is 5.75 Å². The van der Waals surface area contributed by atoms with Gasteiger partial charge in [-0.15, -0.1) is 6.58 Å². The fourth-order valence-electron chi connectivity index (χ4n) is 5.01. The lowest BCUT2D eigenvalue weighted by atomic mass is 9.86. The van der Waals surface area contributed by atoms with Crippen LogP contribution < -0.4 is 43.8 Å². The SMILES string of the molecule is C=CC[C@H](NC(=O)[C@H](CCCCN)NC(=O)[C@H](CCCCN)NC(=O)[C@H](C)N)C(=O)N[C@@H](Cc1ccc(O)cc1)C(=O)N[C@H](C(=O)O)C(C)(C)C. The minimum Gasteiger partial charge on any atom is -0.508 e. The number of carbonyl (C=O) groups is 6. The van der Waals surface area contributed by atoms with Crippen LogP contribution in [0.3, 0.4) is 0 Å². The third kappa shape index (κ3) is 16.4. The van der Waals surface area contributed by atoms with E-state index in [0.717, 1.165) is 0 Å². The van der Waals surface area contributed by atoms with Gasteiger partial charge < -0.3 is 54.0 Å². The molecule has 0 radical (unpaired) electrons. The van der Waals surface area contributed by atoms with Crippen molar-refractivity contribution in [2.45, 2.75) is 115 Å². The fraction of sp³-hybridized carbons (Fsp3) is 0.600. The molecule has 0 bridgehead atoms. The van der Waals surface area contributed by atoms with Gasteiger partial charge in [-0.1, -0.05) is 39.0 Å². The summed E-state index contributed by atoms with van der Waals surface area (Å²) < 4.78 is 0. The van der Waals surface area contributed by atoms with Gasteiger partial charge in [0.25, 0.3) is 0 Å². The molecule has 1 aromatic carbocycles. The Morgan fingerprint density at radius 1 is 0.725 bits per heavy atom. The van der Waals surface area contributed by atoms with Crippen LogP contribution in [0.15, 0.2) is 36.9 Å². The molecule has 0 saturated heterocycles. The monoisotopic (exact) mass is 718 g/mol. The van der Waals surface area contributed by atoms with Crippen molar-refractivity contribution in [3.63, 3.8) is 0 Å². The maximum absolute atomic E-state index is 13.7. The number of nitrogens with one attached hydrogen (secondary N) is 5. The highest BCUT2D eigenvalue weighted by Gasteiger charge is 2.36. The summed E-state index contributed by atoms with van der Waals surface area (Å²) in [5, 5.41) is 32.6. The number of phenolic OH excluding ortho intramolecular Hbond substituents is 1. The van der Waals surface area contributed by atoms with Crippen LogP contribution in [0.1, 0.15) is 78.2 Å². The lowest BCUT2D eigenvalue weighted by molar-refractivity contribution is -0.145. The fourth-order valence-corrected chi connectivity index (χ4v) is 5.01. The number of benzene rings is 1. The summed E-state index contributed by atoms with van der Waals surface area (Å²) in [6.07, 6.45) is 3.85. The van der Waals surface area contributed by atoms with Gasteiger partial charge in [-0.05, 0) is 88.1 Å². The highest BCUT2D eigenvalue weighted by atomic mass is 16.4. The van der Waals surface area contributed by atoms with Crippen molar-refractivity contribution in [3.05, 3.63) is 42.5 Å². The smallest absolute Gasteiger partial charge is 0.326 e. The second-order valence-corrected chi connectivity index (χ2v) is 13.6. The highest BCUT2D eigenvalue weighted by Crippen LogP contribution is 2.20. The van der Waals surface area contributed by atoms with E-state index in [-0.39, 0.29) is 31.4 Å². The zero-order valence-electron chi connectivity index (χ0n) is 30.2. The average Bonchev–Trinajstić information content (AvgIpc) is 3.05. The van der Waals surface area contributed by atoms with Crippen LogP contribution in [0.2, 0.25) is 0 Å². The van der Waals surface area contributed by atoms with E-state index in [4.69, 9.17) is 17.2 Å². The third-order valence-corrected chi connectivity index (χ3v) is 8.02. The van der Waals surface area contributed by atoms with Gasteiger partial charge in [0.2, 0.25) is 29.5 Å². The number of aliphatic carboxylic acids is 1. The molecule has 0 fully saturated rings. The number of rotatable bonds is 23. The molecule has 1 aromatic rings. The highest BCUT2D eigenvalue weighted by molar-refractivity contribution is 5.96. The van der Waals surface area contributed by atoms with Crippen LogP contribution in [-0.4, -0.2) is 95.1 Å². The van der Waals surface area contributed by atoms with Crippen molar-refractivity contribution in [1.29, 1.82) is 0 Å². The number of carboxylic acid groups (broad SMARTS) is 1. The van der Waals surface area contributed by atoms with E-state index in [0.29, 0.717) is 44.3 Å². The van der Waals surface area contributed by atoms with Gasteiger partial charge in [0.15, 0.2) is 0 Å². The number of hydrogen-bond donors (Lipinski definition) is 10. The van der Waals surface area contributed by atoms with Crippen LogP contribution in [-0.2, 0) is 35.2 Å². The number of hydrogen-bond acceptors (Lipinski definition) is 10. The lowest BCUT2D eigenvalue weighted by Crippen LogP contribution is -2.60. The topological polar surface area (TPSA) is 281 Å². The van der Waals surface area contributed by atoms with Gasteiger partial charge in [0.05, 0.1) is 6.04 Å². The first-order chi connectivity index (χ1) is 23.9. The van der Waals surface area contributed by atoms with E-state index in [1.165, 1.54) is 25.1 Å². The van der Waals surface area contributed by atoms with Gasteiger partial charge in [0, 0.05) is 6.42 Å². The first kappa shape index (κ1) is 44.5. The van der Waals surface area contributed by atoms with E-state index in [2.05, 4.69) is 33.2 Å². The van der Waals surface area contributed by atoms with Gasteiger partial charge >= 0.3 is 5.97 Å². The summed E-state index contributed by atoms with van der Waals surface area (Å²) in [5.74, 6) is -4.66. The molecule has 0 aliphatic heterocycles. The number of carboxylic acids is 1. The van der Waals surface area contributed by atoms with Crippen LogP contribution >= 0.6 is 0 Å². The van der Waals surface area contributed by atoms with E-state index in [1.807, 2.05) is 0 Å². The van der Waals surface area contributed by atoms with E-state index in [9.17, 15) is 39.0 Å². The number of phenols is 1. The molecular formula is C35H58N8O8. The van der Waals surface area contributed by atoms with Crippen LogP contribution in [0.5, 0.6) is 5.75 Å². The Labute approximate surface area is 300 Å². The Hall–Kier alpha value is -4.54. The van der Waals surface area contributed by atoms with Crippen LogP contribution in [0.25, 0.3) is 0 Å². The van der Waals surface area contributed by atoms with Crippen molar-refractivity contribution in [2.75, 3.05) is 13.1 Å². The van der Waals surface area contributed by atoms with Gasteiger partial charge in [-0.3, -0.25) is 24.0 Å². The molecule has 0 aliphatic rings. The first-order valence-corrected chi connectivity index (χ1v) is 17.2. The maximum atomic E-state index is 13.7. The summed E-state index contributed by atoms with van der Waals surface area (Å²) >= 11 is 0. The minimum absolute atomic E-state index is 0.0115. The molecule has 13 N–H and O–H groups in total. The Balaban J connectivity index is 3.32. The maximum Gasteiger partial charge on any atom is 0.326 e.